The fourth-order valence-electron chi connectivity index (χ4n) is 4.01. The van der Waals surface area contributed by atoms with Gasteiger partial charge in [-0.1, -0.05) is 41.5 Å². The molecule has 0 spiro atoms. The van der Waals surface area contributed by atoms with E-state index in [2.05, 4.69) is 56.2 Å². The largest absolute Gasteiger partial charge is 0.500 e. The predicted octanol–water partition coefficient (Wildman–Crippen LogP) is 2.88. The quantitative estimate of drug-likeness (QED) is 0.346. The lowest BCUT2D eigenvalue weighted by molar-refractivity contribution is 0.0464. The topological polar surface area (TPSA) is 37.4 Å². The van der Waals surface area contributed by atoms with Crippen molar-refractivity contribution in [2.24, 2.45) is 5.41 Å². The second-order valence-electron chi connectivity index (χ2n) is 7.36. The van der Waals surface area contributed by atoms with E-state index in [1.165, 1.54) is 0 Å². The minimum absolute atomic E-state index is 0.0261. The molecule has 0 aliphatic carbocycles. The molecule has 0 saturated carbocycles. The summed E-state index contributed by atoms with van der Waals surface area (Å²) in [7, 11) is 2.49. The molecule has 0 unspecified atom stereocenters. The van der Waals surface area contributed by atoms with Crippen LogP contribution in [0.2, 0.25) is 6.04 Å². The Kier molecular flexibility index (Phi) is 14.0. The van der Waals surface area contributed by atoms with Crippen LogP contribution in [0.1, 0.15) is 41.5 Å². The van der Waals surface area contributed by atoms with Gasteiger partial charge in [-0.05, 0) is 39.3 Å². The van der Waals surface area contributed by atoms with Crippen molar-refractivity contribution >= 4 is 8.80 Å². The Morgan fingerprint density at radius 2 is 0.815 bits per heavy atom. The molecule has 0 radical (unpaired) electrons. The average molecular weight is 406 g/mol. The van der Waals surface area contributed by atoms with Crippen LogP contribution < -0.4 is 0 Å². The van der Waals surface area contributed by atoms with Crippen molar-refractivity contribution in [1.29, 1.82) is 0 Å². The van der Waals surface area contributed by atoms with Crippen LogP contribution in [-0.4, -0.2) is 104 Å². The minimum Gasteiger partial charge on any atom is -0.377 e. The molecular formula is C20H47N3O3Si. The first-order valence-corrected chi connectivity index (χ1v) is 12.6. The first kappa shape index (κ1) is 27.0. The zero-order valence-corrected chi connectivity index (χ0v) is 20.6. The van der Waals surface area contributed by atoms with Crippen molar-refractivity contribution in [2.45, 2.75) is 47.6 Å². The lowest BCUT2D eigenvalue weighted by atomic mass is 9.87. The summed E-state index contributed by atoms with van der Waals surface area (Å²) in [5.74, 6) is 0. The molecule has 0 amide bonds. The molecule has 0 aromatic rings. The molecular weight excluding hydrogens is 358 g/mol. The highest BCUT2D eigenvalue weighted by Crippen LogP contribution is 2.34. The molecule has 0 atom stereocenters. The number of hydrogen-bond acceptors (Lipinski definition) is 6. The molecule has 0 rings (SSSR count). The van der Waals surface area contributed by atoms with Gasteiger partial charge in [-0.3, -0.25) is 0 Å². The van der Waals surface area contributed by atoms with E-state index < -0.39 is 8.80 Å². The van der Waals surface area contributed by atoms with E-state index in [0.717, 1.165) is 64.9 Å². The van der Waals surface area contributed by atoms with Crippen LogP contribution in [-0.2, 0) is 13.3 Å². The first-order chi connectivity index (χ1) is 12.9. The molecule has 6 nitrogen and oxygen atoms in total. The molecule has 0 bridgehead atoms. The van der Waals surface area contributed by atoms with Crippen molar-refractivity contribution in [3.63, 3.8) is 0 Å². The van der Waals surface area contributed by atoms with Gasteiger partial charge in [0, 0.05) is 52.4 Å². The zero-order valence-electron chi connectivity index (χ0n) is 19.6. The van der Waals surface area contributed by atoms with Gasteiger partial charge in [-0.2, -0.15) is 0 Å². The second kappa shape index (κ2) is 14.0. The molecule has 27 heavy (non-hydrogen) atoms. The molecule has 0 aromatic heterocycles. The van der Waals surface area contributed by atoms with Crippen LogP contribution in [0, 0.1) is 5.41 Å². The van der Waals surface area contributed by atoms with Crippen LogP contribution in [0.25, 0.3) is 0 Å². The van der Waals surface area contributed by atoms with Crippen molar-refractivity contribution in [3.8, 4) is 0 Å². The van der Waals surface area contributed by atoms with Gasteiger partial charge in [0.25, 0.3) is 0 Å². The highest BCUT2D eigenvalue weighted by Gasteiger charge is 2.49. The SMILES string of the molecule is CCN(CC)CC(CN(CC)CC)(CN(CC)CC)C[Si](OC)(OC)OC. The van der Waals surface area contributed by atoms with Crippen LogP contribution >= 0.6 is 0 Å². The molecule has 0 fully saturated rings. The molecule has 0 N–H and O–H groups in total. The predicted molar refractivity (Wildman–Crippen MR) is 117 cm³/mol. The van der Waals surface area contributed by atoms with Gasteiger partial charge in [0.05, 0.1) is 0 Å². The smallest absolute Gasteiger partial charge is 0.377 e. The summed E-state index contributed by atoms with van der Waals surface area (Å²) in [5.41, 5.74) is 0.0261. The van der Waals surface area contributed by atoms with Gasteiger partial charge in [-0.15, -0.1) is 0 Å². The van der Waals surface area contributed by atoms with Gasteiger partial charge < -0.3 is 28.0 Å². The number of rotatable bonds is 17. The lowest BCUT2D eigenvalue weighted by Gasteiger charge is -2.46. The summed E-state index contributed by atoms with van der Waals surface area (Å²) in [5, 5.41) is 0. The fraction of sp³-hybridized carbons (Fsp3) is 1.00. The monoisotopic (exact) mass is 405 g/mol. The highest BCUT2D eigenvalue weighted by molar-refractivity contribution is 6.60. The summed E-state index contributed by atoms with van der Waals surface area (Å²) in [4.78, 5) is 7.60. The summed E-state index contributed by atoms with van der Waals surface area (Å²) in [6, 6.07) is 0.826. The van der Waals surface area contributed by atoms with E-state index in [9.17, 15) is 0 Å². The maximum absolute atomic E-state index is 5.88. The van der Waals surface area contributed by atoms with Crippen molar-refractivity contribution in [2.75, 3.05) is 80.2 Å². The van der Waals surface area contributed by atoms with E-state index in [4.69, 9.17) is 13.3 Å². The van der Waals surface area contributed by atoms with Crippen LogP contribution in [0.15, 0.2) is 0 Å². The Bertz CT molecular complexity index is 314. The van der Waals surface area contributed by atoms with Gasteiger partial charge in [0.15, 0.2) is 0 Å². The van der Waals surface area contributed by atoms with Gasteiger partial charge >= 0.3 is 8.80 Å². The molecule has 164 valence electrons. The third-order valence-corrected chi connectivity index (χ3v) is 8.93. The molecule has 0 aliphatic rings. The Hall–Kier alpha value is -0.0231. The van der Waals surface area contributed by atoms with E-state index in [-0.39, 0.29) is 5.41 Å². The van der Waals surface area contributed by atoms with Crippen LogP contribution in [0.5, 0.6) is 0 Å². The van der Waals surface area contributed by atoms with E-state index >= 15 is 0 Å². The molecule has 7 heteroatoms. The molecule has 0 saturated heterocycles. The van der Waals surface area contributed by atoms with Gasteiger partial charge in [0.2, 0.25) is 0 Å². The van der Waals surface area contributed by atoms with Crippen molar-refractivity contribution < 1.29 is 13.3 Å². The zero-order chi connectivity index (χ0) is 20.9. The maximum atomic E-state index is 5.88. The first-order valence-electron chi connectivity index (χ1n) is 10.7. The van der Waals surface area contributed by atoms with E-state index in [0.29, 0.717) is 0 Å². The van der Waals surface area contributed by atoms with Crippen molar-refractivity contribution in [1.82, 2.24) is 14.7 Å². The molecule has 0 aliphatic heterocycles. The molecule has 0 aromatic carbocycles. The molecule has 0 heterocycles. The van der Waals surface area contributed by atoms with Gasteiger partial charge in [-0.25, -0.2) is 0 Å². The number of nitrogens with zero attached hydrogens (tertiary/aromatic N) is 3. The standard InChI is InChI=1S/C20H47N3O3Si/c1-10-21(11-2)16-20(17-22(12-3)13-4,18-23(14-5)15-6)19-27(24-7,25-8)26-9/h10-19H2,1-9H3. The second-order valence-corrected chi connectivity index (χ2v) is 10.3. The Morgan fingerprint density at radius 3 is 1.00 bits per heavy atom. The normalized spacial score (nSPS) is 13.3. The van der Waals surface area contributed by atoms with Gasteiger partial charge in [0.1, 0.15) is 0 Å². The average Bonchev–Trinajstić information content (AvgIpc) is 2.72. The van der Waals surface area contributed by atoms with E-state index in [1.54, 1.807) is 21.3 Å². The summed E-state index contributed by atoms with van der Waals surface area (Å²) >= 11 is 0. The summed E-state index contributed by atoms with van der Waals surface area (Å²) < 4.78 is 17.6. The van der Waals surface area contributed by atoms with E-state index in [1.807, 2.05) is 0 Å². The summed E-state index contributed by atoms with van der Waals surface area (Å²) in [6.07, 6.45) is 0. The Balaban J connectivity index is 6.06. The number of hydrogen-bond donors (Lipinski definition) is 0. The minimum atomic E-state index is -2.71. The fourth-order valence-corrected chi connectivity index (χ4v) is 6.20. The highest BCUT2D eigenvalue weighted by atomic mass is 28.4. The van der Waals surface area contributed by atoms with Crippen molar-refractivity contribution in [3.05, 3.63) is 0 Å². The maximum Gasteiger partial charge on any atom is 0.500 e. The Morgan fingerprint density at radius 1 is 0.556 bits per heavy atom. The van der Waals surface area contributed by atoms with Crippen LogP contribution in [0.3, 0.4) is 0 Å². The Labute approximate surface area is 170 Å². The third kappa shape index (κ3) is 8.48. The van der Waals surface area contributed by atoms with Crippen LogP contribution in [0.4, 0.5) is 0 Å². The summed E-state index contributed by atoms with van der Waals surface area (Å²) in [6.45, 7) is 22.9. The third-order valence-electron chi connectivity index (χ3n) is 5.88. The lowest BCUT2D eigenvalue weighted by Crippen LogP contribution is -2.58.